The van der Waals surface area contributed by atoms with Crippen molar-refractivity contribution in [1.82, 2.24) is 9.88 Å². The molecule has 0 radical (unpaired) electrons. The zero-order valence-corrected chi connectivity index (χ0v) is 11.5. The van der Waals surface area contributed by atoms with Gasteiger partial charge in [0.1, 0.15) is 0 Å². The highest BCUT2D eigenvalue weighted by molar-refractivity contribution is 6.35. The van der Waals surface area contributed by atoms with Gasteiger partial charge in [0.2, 0.25) is 0 Å². The van der Waals surface area contributed by atoms with Crippen LogP contribution in [0.2, 0.25) is 5.02 Å². The molecular formula is C14H19ClN2. The number of hydrogen-bond acceptors (Lipinski definition) is 1. The lowest BCUT2D eigenvalue weighted by Crippen LogP contribution is -2.11. The molecule has 92 valence electrons. The topological polar surface area (TPSA) is 17.0 Å². The Morgan fingerprint density at radius 3 is 2.53 bits per heavy atom. The van der Waals surface area contributed by atoms with E-state index in [1.807, 2.05) is 19.2 Å². The lowest BCUT2D eigenvalue weighted by Gasteiger charge is -2.09. The summed E-state index contributed by atoms with van der Waals surface area (Å²) in [4.78, 5) is 0. The molecule has 1 N–H and O–H groups in total. The van der Waals surface area contributed by atoms with Crippen molar-refractivity contribution in [3.05, 3.63) is 35.0 Å². The quantitative estimate of drug-likeness (QED) is 0.866. The lowest BCUT2D eigenvalue weighted by molar-refractivity contribution is 0.608. The van der Waals surface area contributed by atoms with Gasteiger partial charge < -0.3 is 9.88 Å². The monoisotopic (exact) mass is 250 g/mol. The molecule has 0 aliphatic carbocycles. The Morgan fingerprint density at radius 2 is 1.94 bits per heavy atom. The maximum Gasteiger partial charge on any atom is 0.0503 e. The van der Waals surface area contributed by atoms with E-state index in [2.05, 4.69) is 42.9 Å². The van der Waals surface area contributed by atoms with Gasteiger partial charge in [-0.05, 0) is 45.5 Å². The molecule has 0 spiro atoms. The maximum absolute atomic E-state index is 6.34. The van der Waals surface area contributed by atoms with E-state index in [9.17, 15) is 0 Å². The number of rotatable bonds is 3. The summed E-state index contributed by atoms with van der Waals surface area (Å²) >= 11 is 6.34. The second kappa shape index (κ2) is 4.71. The van der Waals surface area contributed by atoms with Crippen LogP contribution in [0.4, 0.5) is 0 Å². The molecule has 2 nitrogen and oxygen atoms in total. The molecule has 0 fully saturated rings. The Balaban J connectivity index is 2.76. The van der Waals surface area contributed by atoms with E-state index in [4.69, 9.17) is 11.6 Å². The predicted octanol–water partition coefficient (Wildman–Crippen LogP) is 4.16. The van der Waals surface area contributed by atoms with Gasteiger partial charge >= 0.3 is 0 Å². The Kier molecular flexibility index (Phi) is 3.45. The summed E-state index contributed by atoms with van der Waals surface area (Å²) in [5.74, 6) is 0. The Labute approximate surface area is 108 Å². The number of halogens is 1. The van der Waals surface area contributed by atoms with Crippen molar-refractivity contribution in [1.29, 1.82) is 0 Å². The molecule has 1 aromatic heterocycles. The fourth-order valence-corrected chi connectivity index (χ4v) is 2.49. The molecule has 0 aliphatic rings. The van der Waals surface area contributed by atoms with Crippen LogP contribution in [0.25, 0.3) is 10.9 Å². The van der Waals surface area contributed by atoms with Gasteiger partial charge in [-0.15, -0.1) is 0 Å². The van der Waals surface area contributed by atoms with Crippen molar-refractivity contribution >= 4 is 22.5 Å². The number of hydrogen-bond donors (Lipinski definition) is 1. The van der Waals surface area contributed by atoms with Gasteiger partial charge in [0, 0.05) is 23.7 Å². The van der Waals surface area contributed by atoms with E-state index in [1.54, 1.807) is 0 Å². The number of nitrogens with zero attached hydrogens (tertiary/aromatic N) is 1. The highest BCUT2D eigenvalue weighted by atomic mass is 35.5. The molecule has 0 aliphatic heterocycles. The smallest absolute Gasteiger partial charge is 0.0503 e. The van der Waals surface area contributed by atoms with Gasteiger partial charge in [-0.2, -0.15) is 0 Å². The van der Waals surface area contributed by atoms with Gasteiger partial charge in [0.15, 0.2) is 0 Å². The van der Waals surface area contributed by atoms with Crippen molar-refractivity contribution in [3.63, 3.8) is 0 Å². The summed E-state index contributed by atoms with van der Waals surface area (Å²) in [6.07, 6.45) is 2.21. The minimum Gasteiger partial charge on any atom is -0.345 e. The summed E-state index contributed by atoms with van der Waals surface area (Å²) < 4.78 is 2.28. The van der Waals surface area contributed by atoms with Crippen LogP contribution in [-0.4, -0.2) is 11.6 Å². The zero-order valence-electron chi connectivity index (χ0n) is 10.8. The normalized spacial score (nSPS) is 13.5. The molecule has 0 saturated carbocycles. The molecule has 2 aromatic rings. The molecule has 1 heterocycles. The molecule has 1 aromatic carbocycles. The van der Waals surface area contributed by atoms with E-state index < -0.39 is 0 Å². The number of aromatic nitrogens is 1. The van der Waals surface area contributed by atoms with Crippen LogP contribution in [0.1, 0.15) is 38.4 Å². The summed E-state index contributed by atoms with van der Waals surface area (Å²) in [5, 5.41) is 5.28. The Hall–Kier alpha value is -0.990. The van der Waals surface area contributed by atoms with E-state index in [-0.39, 0.29) is 0 Å². The molecule has 0 saturated heterocycles. The van der Waals surface area contributed by atoms with Crippen LogP contribution in [0.3, 0.4) is 0 Å². The summed E-state index contributed by atoms with van der Waals surface area (Å²) in [6, 6.07) is 6.84. The zero-order chi connectivity index (χ0) is 12.6. The lowest BCUT2D eigenvalue weighted by atomic mass is 10.1. The highest BCUT2D eigenvalue weighted by Crippen LogP contribution is 2.33. The first-order chi connectivity index (χ1) is 8.06. The summed E-state index contributed by atoms with van der Waals surface area (Å²) in [7, 11) is 1.97. The molecule has 1 atom stereocenters. The fraction of sp³-hybridized carbons (Fsp3) is 0.429. The average molecular weight is 251 g/mol. The molecule has 17 heavy (non-hydrogen) atoms. The predicted molar refractivity (Wildman–Crippen MR) is 74.8 cm³/mol. The first-order valence-electron chi connectivity index (χ1n) is 6.02. The highest BCUT2D eigenvalue weighted by Gasteiger charge is 2.16. The molecule has 0 amide bonds. The van der Waals surface area contributed by atoms with Crippen molar-refractivity contribution in [3.8, 4) is 0 Å². The average Bonchev–Trinajstić information content (AvgIpc) is 2.69. The van der Waals surface area contributed by atoms with Gasteiger partial charge in [-0.1, -0.05) is 17.7 Å². The van der Waals surface area contributed by atoms with Crippen LogP contribution < -0.4 is 5.32 Å². The minimum absolute atomic E-state index is 0.303. The molecule has 1 unspecified atom stereocenters. The minimum atomic E-state index is 0.303. The molecule has 0 bridgehead atoms. The second-order valence-electron chi connectivity index (χ2n) is 4.73. The maximum atomic E-state index is 6.34. The van der Waals surface area contributed by atoms with E-state index in [0.717, 1.165) is 5.02 Å². The van der Waals surface area contributed by atoms with Crippen LogP contribution >= 0.6 is 11.6 Å². The fourth-order valence-electron chi connectivity index (χ4n) is 2.21. The number of fused-ring (bicyclic) bond motifs is 1. The first kappa shape index (κ1) is 12.5. The summed E-state index contributed by atoms with van der Waals surface area (Å²) in [6.45, 7) is 6.53. The van der Waals surface area contributed by atoms with Gasteiger partial charge in [-0.3, -0.25) is 0 Å². The van der Waals surface area contributed by atoms with Crippen molar-refractivity contribution in [2.24, 2.45) is 0 Å². The molecule has 3 heteroatoms. The first-order valence-corrected chi connectivity index (χ1v) is 6.40. The largest absolute Gasteiger partial charge is 0.345 e. The van der Waals surface area contributed by atoms with Gasteiger partial charge in [0.25, 0.3) is 0 Å². The van der Waals surface area contributed by atoms with Crippen molar-refractivity contribution < 1.29 is 0 Å². The van der Waals surface area contributed by atoms with Gasteiger partial charge in [0.05, 0.1) is 10.5 Å². The van der Waals surface area contributed by atoms with Crippen LogP contribution in [-0.2, 0) is 0 Å². The SMILES string of the molecule is CNC(C)c1cn(C(C)C)c2cccc(Cl)c12. The number of benzene rings is 1. The molecule has 2 rings (SSSR count). The van der Waals surface area contributed by atoms with Crippen LogP contribution in [0.15, 0.2) is 24.4 Å². The summed E-state index contributed by atoms with van der Waals surface area (Å²) in [5.41, 5.74) is 2.48. The third-order valence-corrected chi connectivity index (χ3v) is 3.61. The van der Waals surface area contributed by atoms with Crippen molar-refractivity contribution in [2.45, 2.75) is 32.9 Å². The third kappa shape index (κ3) is 2.07. The second-order valence-corrected chi connectivity index (χ2v) is 5.14. The van der Waals surface area contributed by atoms with Crippen LogP contribution in [0, 0.1) is 0 Å². The van der Waals surface area contributed by atoms with Gasteiger partial charge in [-0.25, -0.2) is 0 Å². The van der Waals surface area contributed by atoms with E-state index in [0.29, 0.717) is 12.1 Å². The Morgan fingerprint density at radius 1 is 1.24 bits per heavy atom. The van der Waals surface area contributed by atoms with Crippen molar-refractivity contribution in [2.75, 3.05) is 7.05 Å². The van der Waals surface area contributed by atoms with Crippen LogP contribution in [0.5, 0.6) is 0 Å². The third-order valence-electron chi connectivity index (χ3n) is 3.29. The Bertz CT molecular complexity index is 528. The number of nitrogens with one attached hydrogen (secondary N) is 1. The van der Waals surface area contributed by atoms with E-state index in [1.165, 1.54) is 16.5 Å². The van der Waals surface area contributed by atoms with E-state index >= 15 is 0 Å². The molecular weight excluding hydrogens is 232 g/mol. The standard InChI is InChI=1S/C14H19ClN2/c1-9(2)17-8-11(10(3)16-4)14-12(15)6-5-7-13(14)17/h5-10,16H,1-4H3.